The minimum absolute atomic E-state index is 0.120. The summed E-state index contributed by atoms with van der Waals surface area (Å²) in [5.41, 5.74) is -1.34. The smallest absolute Gasteiger partial charge is 0.410 e. The summed E-state index contributed by atoms with van der Waals surface area (Å²) in [4.78, 5) is 26.6. The van der Waals surface area contributed by atoms with Crippen molar-refractivity contribution in [1.82, 2.24) is 14.9 Å². The predicted molar refractivity (Wildman–Crippen MR) is 152 cm³/mol. The maximum absolute atomic E-state index is 13.0. The number of carbonyl (C=O) groups is 2. The molecule has 0 saturated heterocycles. The van der Waals surface area contributed by atoms with Crippen molar-refractivity contribution in [1.29, 1.82) is 5.26 Å². The quantitative estimate of drug-likeness (QED) is 0.132. The van der Waals surface area contributed by atoms with Crippen LogP contribution in [0.25, 0.3) is 0 Å². The van der Waals surface area contributed by atoms with Gasteiger partial charge in [-0.2, -0.15) is 5.26 Å². The molecule has 0 spiro atoms. The van der Waals surface area contributed by atoms with Crippen LogP contribution in [-0.4, -0.2) is 84.0 Å². The molecule has 0 aromatic heterocycles. The molecule has 0 fully saturated rings. The summed E-state index contributed by atoms with van der Waals surface area (Å²) in [6.45, 7) is 19.8. The van der Waals surface area contributed by atoms with E-state index in [1.54, 1.807) is 64.5 Å². The summed E-state index contributed by atoms with van der Waals surface area (Å²) in [7, 11) is -1.55. The summed E-state index contributed by atoms with van der Waals surface area (Å²) < 4.78 is 30.8. The number of rotatable bonds is 15. The van der Waals surface area contributed by atoms with Crippen LogP contribution in [-0.2, 0) is 21.6 Å². The molecule has 0 bridgehead atoms. The number of carbonyl (C=O) groups excluding carboxylic acids is 2. The molecule has 2 atom stereocenters. The predicted octanol–water partition coefficient (Wildman–Crippen LogP) is 5.78. The van der Waals surface area contributed by atoms with Crippen LogP contribution in [0.2, 0.25) is 0 Å². The van der Waals surface area contributed by atoms with E-state index in [9.17, 15) is 9.59 Å². The summed E-state index contributed by atoms with van der Waals surface area (Å²) in [6.07, 6.45) is -1.43. The van der Waals surface area contributed by atoms with Gasteiger partial charge in [0.05, 0.1) is 32.2 Å². The molecule has 0 rings (SSSR count). The van der Waals surface area contributed by atoms with Crippen molar-refractivity contribution >= 4 is 43.7 Å². The van der Waals surface area contributed by atoms with E-state index in [1.165, 1.54) is 4.90 Å². The molecule has 216 valence electrons. The first-order chi connectivity index (χ1) is 17.0. The van der Waals surface area contributed by atoms with Crippen LogP contribution in [0.3, 0.4) is 0 Å². The molecule has 0 aliphatic rings. The Kier molecular flexibility index (Phi) is 17.1. The highest BCUT2D eigenvalue weighted by Gasteiger charge is 2.32. The summed E-state index contributed by atoms with van der Waals surface area (Å²) in [5, 5.41) is 11.6. The topological polar surface area (TPSA) is 123 Å². The van der Waals surface area contributed by atoms with Crippen molar-refractivity contribution in [2.45, 2.75) is 105 Å². The van der Waals surface area contributed by atoms with Crippen molar-refractivity contribution in [2.24, 2.45) is 0 Å². The molecule has 0 aliphatic carbocycles. The zero-order valence-electron chi connectivity index (χ0n) is 24.0. The van der Waals surface area contributed by atoms with Crippen molar-refractivity contribution < 1.29 is 31.2 Å². The van der Waals surface area contributed by atoms with E-state index in [-0.39, 0.29) is 51.4 Å². The zero-order valence-corrected chi connectivity index (χ0v) is 27.1. The van der Waals surface area contributed by atoms with Crippen LogP contribution in [0.4, 0.5) is 9.59 Å². The first-order valence-corrected chi connectivity index (χ1v) is 14.4. The molecular formula is C24H46IN4O7P. The van der Waals surface area contributed by atoms with Crippen LogP contribution in [0.1, 0.15) is 75.7 Å². The number of amides is 2. The second-order valence-electron chi connectivity index (χ2n) is 10.9. The second kappa shape index (κ2) is 17.6. The van der Waals surface area contributed by atoms with Crippen molar-refractivity contribution in [3.63, 3.8) is 0 Å². The molecule has 13 heteroatoms. The van der Waals surface area contributed by atoms with Gasteiger partial charge in [0.15, 0.2) is 0 Å². The number of nitrogens with zero attached hydrogens (tertiary/aromatic N) is 3. The third-order valence-electron chi connectivity index (χ3n) is 4.28. The van der Waals surface area contributed by atoms with Crippen LogP contribution < -0.4 is 5.32 Å². The lowest BCUT2D eigenvalue weighted by Crippen LogP contribution is -2.46. The molecule has 1 N–H and O–H groups in total. The minimum atomic E-state index is -1.55. The second-order valence-corrected chi connectivity index (χ2v) is 12.9. The Hall–Kier alpha value is -0.970. The Labute approximate surface area is 238 Å². The lowest BCUT2D eigenvalue weighted by Gasteiger charge is -2.38. The molecule has 0 aliphatic heterocycles. The minimum Gasteiger partial charge on any atom is -0.444 e. The Morgan fingerprint density at radius 2 is 1.59 bits per heavy atom. The average molecular weight is 661 g/mol. The molecule has 0 radical (unpaired) electrons. The van der Waals surface area contributed by atoms with Gasteiger partial charge in [-0.1, -0.05) is 0 Å². The van der Waals surface area contributed by atoms with Gasteiger partial charge in [-0.05, 0) is 69.2 Å². The lowest BCUT2D eigenvalue weighted by atomic mass is 10.2. The SMILES string of the molecule is CC(C)N(C(C)C)P(OCCC#N)OC(COI)CN(CCNC(=O)OC(C)(C)C)C(=O)OC(C)(C)C. The van der Waals surface area contributed by atoms with Gasteiger partial charge in [0, 0.05) is 25.2 Å². The molecule has 37 heavy (non-hydrogen) atoms. The number of halogens is 1. The first-order valence-electron chi connectivity index (χ1n) is 12.4. The highest BCUT2D eigenvalue weighted by atomic mass is 127. The molecule has 0 saturated carbocycles. The van der Waals surface area contributed by atoms with Gasteiger partial charge >= 0.3 is 12.2 Å². The summed E-state index contributed by atoms with van der Waals surface area (Å²) in [6, 6.07) is 2.32. The molecule has 2 amide bonds. The summed E-state index contributed by atoms with van der Waals surface area (Å²) in [5.74, 6) is 0. The van der Waals surface area contributed by atoms with Crippen molar-refractivity contribution in [3.05, 3.63) is 0 Å². The highest BCUT2D eigenvalue weighted by molar-refractivity contribution is 14.1. The van der Waals surface area contributed by atoms with Gasteiger partial charge < -0.3 is 31.8 Å². The number of hydrogen-bond acceptors (Lipinski definition) is 9. The maximum atomic E-state index is 13.0. The number of nitrogens with one attached hydrogen (secondary N) is 1. The first kappa shape index (κ1) is 36.0. The fraction of sp³-hybridized carbons (Fsp3) is 0.875. The van der Waals surface area contributed by atoms with E-state index in [1.807, 2.05) is 27.7 Å². The molecule has 0 heterocycles. The Morgan fingerprint density at radius 3 is 2.05 bits per heavy atom. The molecule has 2 unspecified atom stereocenters. The van der Waals surface area contributed by atoms with Gasteiger partial charge in [-0.3, -0.25) is 0 Å². The molecule has 0 aromatic rings. The number of nitriles is 1. The van der Waals surface area contributed by atoms with Crippen molar-refractivity contribution in [2.75, 3.05) is 32.8 Å². The standard InChI is InChI=1S/C24H46IN4O7P/c1-18(2)29(19(3)4)37(33-15-11-12-26)36-20(17-32-25)16-28(22(31)35-24(8,9)10)14-13-27-21(30)34-23(5,6)7/h18-20H,11,13-17H2,1-10H3,(H,27,30). The third kappa shape index (κ3) is 17.3. The van der Waals surface area contributed by atoms with E-state index in [0.29, 0.717) is 0 Å². The van der Waals surface area contributed by atoms with Gasteiger partial charge in [0.1, 0.15) is 40.3 Å². The Bertz CT molecular complexity index is 715. The number of ether oxygens (including phenoxy) is 2. The molecule has 0 aromatic carbocycles. The Balaban J connectivity index is 5.70. The van der Waals surface area contributed by atoms with Crippen LogP contribution in [0.5, 0.6) is 0 Å². The number of hydrogen-bond donors (Lipinski definition) is 1. The van der Waals surface area contributed by atoms with E-state index in [4.69, 9.17) is 26.8 Å². The molecular weight excluding hydrogens is 614 g/mol. The van der Waals surface area contributed by atoms with E-state index < -0.39 is 38.0 Å². The molecule has 11 nitrogen and oxygen atoms in total. The van der Waals surface area contributed by atoms with Crippen LogP contribution in [0, 0.1) is 11.3 Å². The monoisotopic (exact) mass is 660 g/mol. The summed E-state index contributed by atoms with van der Waals surface area (Å²) >= 11 is 1.79. The third-order valence-corrected chi connectivity index (χ3v) is 6.82. The van der Waals surface area contributed by atoms with E-state index in [2.05, 4.69) is 16.1 Å². The van der Waals surface area contributed by atoms with Gasteiger partial charge in [-0.25, -0.2) is 14.3 Å². The van der Waals surface area contributed by atoms with E-state index in [0.717, 1.165) is 0 Å². The van der Waals surface area contributed by atoms with Crippen LogP contribution in [0.15, 0.2) is 0 Å². The Morgan fingerprint density at radius 1 is 1.03 bits per heavy atom. The fourth-order valence-corrected chi connectivity index (χ4v) is 5.13. The zero-order chi connectivity index (χ0) is 28.8. The normalized spacial score (nSPS) is 13.9. The van der Waals surface area contributed by atoms with Crippen molar-refractivity contribution in [3.8, 4) is 6.07 Å². The van der Waals surface area contributed by atoms with Gasteiger partial charge in [0.25, 0.3) is 8.53 Å². The highest BCUT2D eigenvalue weighted by Crippen LogP contribution is 2.47. The van der Waals surface area contributed by atoms with Gasteiger partial charge in [0.2, 0.25) is 0 Å². The fourth-order valence-electron chi connectivity index (χ4n) is 3.05. The maximum Gasteiger partial charge on any atom is 0.410 e. The average Bonchev–Trinajstić information content (AvgIpc) is 2.70. The van der Waals surface area contributed by atoms with E-state index >= 15 is 0 Å². The van der Waals surface area contributed by atoms with Crippen LogP contribution >= 0.6 is 31.5 Å². The van der Waals surface area contributed by atoms with Gasteiger partial charge in [-0.15, -0.1) is 0 Å². The number of alkyl carbamates (subject to hydrolysis) is 1. The lowest BCUT2D eigenvalue weighted by molar-refractivity contribution is 0.0115. The largest absolute Gasteiger partial charge is 0.444 e.